The summed E-state index contributed by atoms with van der Waals surface area (Å²) < 4.78 is 27.6. The van der Waals surface area contributed by atoms with Crippen molar-refractivity contribution in [3.05, 3.63) is 102 Å². The van der Waals surface area contributed by atoms with Crippen molar-refractivity contribution in [2.45, 2.75) is 6.04 Å². The van der Waals surface area contributed by atoms with Crippen LogP contribution < -0.4 is 15.1 Å². The Morgan fingerprint density at radius 2 is 1.29 bits per heavy atom. The topological polar surface area (TPSA) is 38.0 Å². The van der Waals surface area contributed by atoms with Crippen molar-refractivity contribution in [3.8, 4) is 0 Å². The number of anilines is 1. The second-order valence-electron chi connectivity index (χ2n) is 7.98. The van der Waals surface area contributed by atoms with Gasteiger partial charge in [-0.1, -0.05) is 66.7 Å². The molecule has 6 heteroatoms. The lowest BCUT2D eigenvalue weighted by Crippen LogP contribution is -3.28. The Labute approximate surface area is 181 Å². The van der Waals surface area contributed by atoms with Crippen molar-refractivity contribution in [2.75, 3.05) is 38.0 Å². The molecule has 0 unspecified atom stereocenters. The summed E-state index contributed by atoms with van der Waals surface area (Å²) in [6, 6.07) is 24.8. The lowest BCUT2D eigenvalue weighted by atomic mass is 9.96. The molecule has 3 aromatic rings. The van der Waals surface area contributed by atoms with E-state index in [4.69, 9.17) is 0 Å². The van der Waals surface area contributed by atoms with Gasteiger partial charge in [-0.15, -0.1) is 0 Å². The minimum absolute atomic E-state index is 0.197. The molecule has 1 amide bonds. The minimum atomic E-state index is -0.758. The summed E-state index contributed by atoms with van der Waals surface area (Å²) in [5.74, 6) is -1.89. The summed E-state index contributed by atoms with van der Waals surface area (Å²) in [4.78, 5) is 15.0. The van der Waals surface area contributed by atoms with Gasteiger partial charge in [-0.3, -0.25) is 4.79 Å². The van der Waals surface area contributed by atoms with Gasteiger partial charge in [0, 0.05) is 11.1 Å². The highest BCUT2D eigenvalue weighted by Crippen LogP contribution is 2.19. The normalized spacial score (nSPS) is 18.7. The number of benzene rings is 3. The van der Waals surface area contributed by atoms with Gasteiger partial charge in [0.05, 0.1) is 0 Å². The number of rotatable bonds is 6. The fourth-order valence-corrected chi connectivity index (χ4v) is 4.37. The maximum Gasteiger partial charge on any atom is 0.279 e. The first-order chi connectivity index (χ1) is 15.1. The molecule has 1 fully saturated rings. The summed E-state index contributed by atoms with van der Waals surface area (Å²) >= 11 is 0. The van der Waals surface area contributed by atoms with Crippen LogP contribution in [-0.2, 0) is 4.79 Å². The van der Waals surface area contributed by atoms with E-state index in [9.17, 15) is 13.6 Å². The molecule has 0 bridgehead atoms. The SMILES string of the molecule is O=C(C[NH+]1CC[NH+](C(c2ccccc2)c2ccccc2)CC1)Nc1c(F)cccc1F. The van der Waals surface area contributed by atoms with Crippen LogP contribution in [0.25, 0.3) is 0 Å². The maximum absolute atomic E-state index is 13.8. The zero-order chi connectivity index (χ0) is 21.6. The number of carbonyl (C=O) groups excluding carboxylic acids is 1. The number of hydrogen-bond donors (Lipinski definition) is 3. The van der Waals surface area contributed by atoms with Crippen molar-refractivity contribution in [1.29, 1.82) is 0 Å². The summed E-state index contributed by atoms with van der Waals surface area (Å²) in [5.41, 5.74) is 2.18. The number of carbonyl (C=O) groups is 1. The first-order valence-electron chi connectivity index (χ1n) is 10.6. The van der Waals surface area contributed by atoms with Crippen LogP contribution in [0.5, 0.6) is 0 Å². The van der Waals surface area contributed by atoms with Gasteiger partial charge in [0.25, 0.3) is 5.91 Å². The third-order valence-electron chi connectivity index (χ3n) is 5.91. The molecule has 0 aliphatic carbocycles. The van der Waals surface area contributed by atoms with E-state index in [1.165, 1.54) is 22.1 Å². The predicted molar refractivity (Wildman–Crippen MR) is 116 cm³/mol. The van der Waals surface area contributed by atoms with Gasteiger partial charge >= 0.3 is 0 Å². The molecule has 1 heterocycles. The van der Waals surface area contributed by atoms with Gasteiger partial charge in [0.1, 0.15) is 49.5 Å². The molecular weight excluding hydrogens is 396 g/mol. The maximum atomic E-state index is 13.8. The molecule has 0 atom stereocenters. The average Bonchev–Trinajstić information content (AvgIpc) is 2.79. The van der Waals surface area contributed by atoms with Crippen molar-refractivity contribution < 1.29 is 23.4 Å². The van der Waals surface area contributed by atoms with Gasteiger partial charge in [-0.05, 0) is 12.1 Å². The van der Waals surface area contributed by atoms with Crippen LogP contribution in [0, 0.1) is 11.6 Å². The van der Waals surface area contributed by atoms with E-state index in [1.807, 2.05) is 12.1 Å². The number of hydrogen-bond acceptors (Lipinski definition) is 1. The number of amides is 1. The molecule has 0 saturated carbocycles. The zero-order valence-electron chi connectivity index (χ0n) is 17.3. The van der Waals surface area contributed by atoms with E-state index >= 15 is 0 Å². The molecule has 0 aromatic heterocycles. The highest BCUT2D eigenvalue weighted by molar-refractivity contribution is 5.91. The lowest BCUT2D eigenvalue weighted by molar-refractivity contribution is -1.02. The Morgan fingerprint density at radius 3 is 1.81 bits per heavy atom. The molecule has 0 radical (unpaired) electrons. The number of halogens is 2. The fraction of sp³-hybridized carbons (Fsp3) is 0.240. The van der Waals surface area contributed by atoms with Crippen LogP contribution in [0.15, 0.2) is 78.9 Å². The van der Waals surface area contributed by atoms with Crippen LogP contribution >= 0.6 is 0 Å². The van der Waals surface area contributed by atoms with Gasteiger partial charge in [0.15, 0.2) is 6.54 Å². The number of para-hydroxylation sites is 1. The molecule has 160 valence electrons. The van der Waals surface area contributed by atoms with Gasteiger partial charge in [-0.2, -0.15) is 0 Å². The molecule has 1 saturated heterocycles. The van der Waals surface area contributed by atoms with E-state index in [0.717, 1.165) is 43.2 Å². The molecule has 3 aromatic carbocycles. The largest absolute Gasteiger partial charge is 0.318 e. The summed E-state index contributed by atoms with van der Waals surface area (Å²) in [6.45, 7) is 3.65. The van der Waals surface area contributed by atoms with E-state index in [-0.39, 0.29) is 24.2 Å². The second kappa shape index (κ2) is 9.81. The third-order valence-corrected chi connectivity index (χ3v) is 5.91. The highest BCUT2D eigenvalue weighted by atomic mass is 19.1. The molecule has 1 aliphatic heterocycles. The van der Waals surface area contributed by atoms with Crippen LogP contribution in [0.3, 0.4) is 0 Å². The monoisotopic (exact) mass is 423 g/mol. The molecule has 31 heavy (non-hydrogen) atoms. The molecule has 3 N–H and O–H groups in total. The summed E-state index contributed by atoms with van der Waals surface area (Å²) in [5, 5.41) is 2.39. The van der Waals surface area contributed by atoms with Crippen LogP contribution in [0.2, 0.25) is 0 Å². The average molecular weight is 424 g/mol. The molecule has 0 spiro atoms. The first kappa shape index (κ1) is 21.2. The van der Waals surface area contributed by atoms with Crippen molar-refractivity contribution in [3.63, 3.8) is 0 Å². The lowest BCUT2D eigenvalue weighted by Gasteiger charge is -2.35. The zero-order valence-corrected chi connectivity index (χ0v) is 17.3. The molecular formula is C25H27F2N3O+2. The van der Waals surface area contributed by atoms with Gasteiger partial charge < -0.3 is 15.1 Å². The fourth-order valence-electron chi connectivity index (χ4n) is 4.37. The first-order valence-corrected chi connectivity index (χ1v) is 10.6. The number of piperazine rings is 1. The van der Waals surface area contributed by atoms with Gasteiger partial charge in [-0.25, -0.2) is 8.78 Å². The second-order valence-corrected chi connectivity index (χ2v) is 7.98. The molecule has 4 rings (SSSR count). The predicted octanol–water partition coefficient (Wildman–Crippen LogP) is 1.48. The van der Waals surface area contributed by atoms with Crippen LogP contribution in [-0.4, -0.2) is 38.6 Å². The number of nitrogens with one attached hydrogen (secondary N) is 3. The standard InChI is InChI=1S/C25H25F2N3O/c26-21-12-7-13-22(27)24(21)28-23(31)18-29-14-16-30(17-15-29)25(19-8-3-1-4-9-19)20-10-5-2-6-11-20/h1-13,25H,14-18H2,(H,28,31)/p+2. The number of quaternary nitrogens is 2. The van der Waals surface area contributed by atoms with Gasteiger partial charge in [0.2, 0.25) is 0 Å². The Balaban J connectivity index is 1.39. The summed E-state index contributed by atoms with van der Waals surface area (Å²) in [7, 11) is 0. The molecule has 4 nitrogen and oxygen atoms in total. The quantitative estimate of drug-likeness (QED) is 0.552. The Bertz CT molecular complexity index is 946. The van der Waals surface area contributed by atoms with Crippen molar-refractivity contribution in [2.24, 2.45) is 0 Å². The summed E-state index contributed by atoms with van der Waals surface area (Å²) in [6.07, 6.45) is 0. The van der Waals surface area contributed by atoms with Crippen LogP contribution in [0.1, 0.15) is 17.2 Å². The Hall–Kier alpha value is -3.09. The Morgan fingerprint density at radius 1 is 0.774 bits per heavy atom. The van der Waals surface area contributed by atoms with Crippen molar-refractivity contribution >= 4 is 11.6 Å². The Kier molecular flexibility index (Phi) is 6.70. The van der Waals surface area contributed by atoms with E-state index < -0.39 is 11.6 Å². The third kappa shape index (κ3) is 5.16. The highest BCUT2D eigenvalue weighted by Gasteiger charge is 2.32. The van der Waals surface area contributed by atoms with Crippen LogP contribution in [0.4, 0.5) is 14.5 Å². The van der Waals surface area contributed by atoms with E-state index in [1.54, 1.807) is 0 Å². The minimum Gasteiger partial charge on any atom is -0.318 e. The van der Waals surface area contributed by atoms with E-state index in [2.05, 4.69) is 53.8 Å². The van der Waals surface area contributed by atoms with Crippen molar-refractivity contribution in [1.82, 2.24) is 0 Å². The van der Waals surface area contributed by atoms with E-state index in [0.29, 0.717) is 0 Å². The smallest absolute Gasteiger partial charge is 0.279 e. The molecule has 1 aliphatic rings.